The Morgan fingerprint density at radius 3 is 2.46 bits per heavy atom. The van der Waals surface area contributed by atoms with E-state index in [-0.39, 0.29) is 5.82 Å². The molecule has 0 spiro atoms. The Bertz CT molecular complexity index is 1020. The van der Waals surface area contributed by atoms with Gasteiger partial charge in [-0.2, -0.15) is 0 Å². The number of hydrogen-bond donors (Lipinski definition) is 0. The number of nitrogens with zero attached hydrogens (tertiary/aromatic N) is 3. The second-order valence-corrected chi connectivity index (χ2v) is 5.34. The molecule has 0 unspecified atom stereocenters. The fourth-order valence-corrected chi connectivity index (χ4v) is 2.66. The molecule has 24 heavy (non-hydrogen) atoms. The maximum Gasteiger partial charge on any atom is 0.139 e. The van der Waals surface area contributed by atoms with Gasteiger partial charge < -0.3 is 0 Å². The number of rotatable bonds is 3. The van der Waals surface area contributed by atoms with Crippen LogP contribution in [0.1, 0.15) is 11.4 Å². The Morgan fingerprint density at radius 2 is 1.62 bits per heavy atom. The molecule has 0 aliphatic heterocycles. The summed E-state index contributed by atoms with van der Waals surface area (Å²) < 4.78 is 15.8. The van der Waals surface area contributed by atoms with Crippen LogP contribution in [0.3, 0.4) is 0 Å². The van der Waals surface area contributed by atoms with E-state index in [1.807, 2.05) is 59.2 Å². The van der Waals surface area contributed by atoms with Crippen LogP contribution in [0.5, 0.6) is 0 Å². The predicted molar refractivity (Wildman–Crippen MR) is 94.2 cm³/mol. The van der Waals surface area contributed by atoms with Crippen LogP contribution < -0.4 is 0 Å². The molecule has 0 bridgehead atoms. The molecule has 4 rings (SSSR count). The SMILES string of the molecule is Fc1ccccc1C=Cc1nc2ccccc2n1-c1ccccn1. The van der Waals surface area contributed by atoms with Crippen molar-refractivity contribution >= 4 is 23.2 Å². The lowest BCUT2D eigenvalue weighted by molar-refractivity contribution is 0.625. The number of fused-ring (bicyclic) bond motifs is 1. The van der Waals surface area contributed by atoms with E-state index in [2.05, 4.69) is 9.97 Å². The lowest BCUT2D eigenvalue weighted by Crippen LogP contribution is -1.99. The first-order valence-corrected chi connectivity index (χ1v) is 7.64. The molecule has 0 amide bonds. The van der Waals surface area contributed by atoms with Crippen LogP contribution in [-0.2, 0) is 0 Å². The summed E-state index contributed by atoms with van der Waals surface area (Å²) in [4.78, 5) is 9.07. The molecular weight excluding hydrogens is 301 g/mol. The predicted octanol–water partition coefficient (Wildman–Crippen LogP) is 4.73. The molecule has 0 saturated heterocycles. The number of imidazole rings is 1. The maximum atomic E-state index is 13.8. The minimum absolute atomic E-state index is 0.255. The molecular formula is C20H14FN3. The molecule has 0 aliphatic rings. The van der Waals surface area contributed by atoms with Crippen molar-refractivity contribution in [3.05, 3.63) is 90.1 Å². The highest BCUT2D eigenvalue weighted by Gasteiger charge is 2.10. The molecule has 0 radical (unpaired) electrons. The molecule has 116 valence electrons. The van der Waals surface area contributed by atoms with E-state index >= 15 is 0 Å². The van der Waals surface area contributed by atoms with Gasteiger partial charge in [-0.05, 0) is 42.5 Å². The Hall–Kier alpha value is -3.27. The summed E-state index contributed by atoms with van der Waals surface area (Å²) >= 11 is 0. The lowest BCUT2D eigenvalue weighted by Gasteiger charge is -2.05. The molecule has 0 fully saturated rings. The molecule has 0 N–H and O–H groups in total. The topological polar surface area (TPSA) is 30.7 Å². The van der Waals surface area contributed by atoms with E-state index in [1.54, 1.807) is 24.4 Å². The summed E-state index contributed by atoms with van der Waals surface area (Å²) in [6.07, 6.45) is 5.29. The van der Waals surface area contributed by atoms with Crippen molar-refractivity contribution in [2.24, 2.45) is 0 Å². The Balaban J connectivity index is 1.88. The number of aromatic nitrogens is 3. The summed E-state index contributed by atoms with van der Waals surface area (Å²) in [6, 6.07) is 20.3. The third-order valence-electron chi connectivity index (χ3n) is 3.78. The van der Waals surface area contributed by atoms with Gasteiger partial charge in [0.1, 0.15) is 17.5 Å². The third-order valence-corrected chi connectivity index (χ3v) is 3.78. The highest BCUT2D eigenvalue weighted by atomic mass is 19.1. The first kappa shape index (κ1) is 14.3. The fraction of sp³-hybridized carbons (Fsp3) is 0. The summed E-state index contributed by atoms with van der Waals surface area (Å²) in [5, 5.41) is 0. The van der Waals surface area contributed by atoms with Crippen LogP contribution in [0.2, 0.25) is 0 Å². The van der Waals surface area contributed by atoms with Crippen LogP contribution in [-0.4, -0.2) is 14.5 Å². The van der Waals surface area contributed by atoms with Crippen molar-refractivity contribution in [2.75, 3.05) is 0 Å². The number of para-hydroxylation sites is 2. The smallest absolute Gasteiger partial charge is 0.139 e. The number of benzene rings is 2. The summed E-state index contributed by atoms with van der Waals surface area (Å²) in [5.41, 5.74) is 2.36. The van der Waals surface area contributed by atoms with Gasteiger partial charge in [-0.3, -0.25) is 4.57 Å². The number of halogens is 1. The van der Waals surface area contributed by atoms with Gasteiger partial charge in [-0.15, -0.1) is 0 Å². The second kappa shape index (κ2) is 6.08. The van der Waals surface area contributed by atoms with Crippen LogP contribution in [0.15, 0.2) is 72.9 Å². The molecule has 2 aromatic carbocycles. The standard InChI is InChI=1S/C20H14FN3/c21-16-8-2-1-7-15(16)12-13-20-23-17-9-3-4-10-18(17)24(20)19-11-5-6-14-22-19/h1-14H. The van der Waals surface area contributed by atoms with Crippen LogP contribution in [0.25, 0.3) is 29.0 Å². The van der Waals surface area contributed by atoms with Crippen molar-refractivity contribution in [3.8, 4) is 5.82 Å². The molecule has 0 aliphatic carbocycles. The monoisotopic (exact) mass is 315 g/mol. The molecule has 4 heteroatoms. The van der Waals surface area contributed by atoms with E-state index in [0.29, 0.717) is 11.4 Å². The van der Waals surface area contributed by atoms with Crippen LogP contribution in [0.4, 0.5) is 4.39 Å². The molecule has 4 aromatic rings. The van der Waals surface area contributed by atoms with E-state index in [9.17, 15) is 4.39 Å². The largest absolute Gasteiger partial charge is 0.277 e. The Labute approximate surface area is 138 Å². The quantitative estimate of drug-likeness (QED) is 0.547. The Morgan fingerprint density at radius 1 is 0.833 bits per heavy atom. The zero-order valence-electron chi connectivity index (χ0n) is 12.8. The zero-order chi connectivity index (χ0) is 16.4. The van der Waals surface area contributed by atoms with Crippen LogP contribution >= 0.6 is 0 Å². The number of pyridine rings is 1. The fourth-order valence-electron chi connectivity index (χ4n) is 2.66. The van der Waals surface area contributed by atoms with Gasteiger partial charge in [0.25, 0.3) is 0 Å². The van der Waals surface area contributed by atoms with Gasteiger partial charge >= 0.3 is 0 Å². The molecule has 2 aromatic heterocycles. The van der Waals surface area contributed by atoms with Gasteiger partial charge in [-0.25, -0.2) is 14.4 Å². The highest BCUT2D eigenvalue weighted by Crippen LogP contribution is 2.22. The van der Waals surface area contributed by atoms with E-state index in [1.165, 1.54) is 6.07 Å². The molecule has 0 saturated carbocycles. The van der Waals surface area contributed by atoms with Crippen molar-refractivity contribution in [1.82, 2.24) is 14.5 Å². The van der Waals surface area contributed by atoms with Crippen molar-refractivity contribution in [2.45, 2.75) is 0 Å². The van der Waals surface area contributed by atoms with E-state index < -0.39 is 0 Å². The van der Waals surface area contributed by atoms with Crippen molar-refractivity contribution in [1.29, 1.82) is 0 Å². The summed E-state index contributed by atoms with van der Waals surface area (Å²) in [5.74, 6) is 1.23. The Kier molecular flexibility index (Phi) is 3.63. The first-order chi connectivity index (χ1) is 11.8. The molecule has 3 nitrogen and oxygen atoms in total. The minimum atomic E-state index is -0.255. The van der Waals surface area contributed by atoms with E-state index in [4.69, 9.17) is 0 Å². The van der Waals surface area contributed by atoms with E-state index in [0.717, 1.165) is 16.9 Å². The van der Waals surface area contributed by atoms with Gasteiger partial charge in [-0.1, -0.05) is 36.4 Å². The average molecular weight is 315 g/mol. The normalized spacial score (nSPS) is 11.4. The second-order valence-electron chi connectivity index (χ2n) is 5.34. The summed E-state index contributed by atoms with van der Waals surface area (Å²) in [6.45, 7) is 0. The average Bonchev–Trinajstić information content (AvgIpc) is 3.00. The third kappa shape index (κ3) is 2.58. The lowest BCUT2D eigenvalue weighted by atomic mass is 10.2. The zero-order valence-corrected chi connectivity index (χ0v) is 12.8. The first-order valence-electron chi connectivity index (χ1n) is 7.64. The van der Waals surface area contributed by atoms with Gasteiger partial charge in [0, 0.05) is 11.8 Å². The molecule has 0 atom stereocenters. The minimum Gasteiger partial charge on any atom is -0.277 e. The molecule has 2 heterocycles. The van der Waals surface area contributed by atoms with Crippen LogP contribution in [0, 0.1) is 5.82 Å². The van der Waals surface area contributed by atoms with Crippen molar-refractivity contribution in [3.63, 3.8) is 0 Å². The van der Waals surface area contributed by atoms with Gasteiger partial charge in [0.15, 0.2) is 0 Å². The summed E-state index contributed by atoms with van der Waals surface area (Å²) in [7, 11) is 0. The van der Waals surface area contributed by atoms with Crippen molar-refractivity contribution < 1.29 is 4.39 Å². The van der Waals surface area contributed by atoms with Gasteiger partial charge in [0.05, 0.1) is 11.0 Å². The highest BCUT2D eigenvalue weighted by molar-refractivity contribution is 5.81. The van der Waals surface area contributed by atoms with Gasteiger partial charge in [0.2, 0.25) is 0 Å². The number of hydrogen-bond acceptors (Lipinski definition) is 2. The maximum absolute atomic E-state index is 13.8.